The average molecular weight is 286 g/mol. The van der Waals surface area contributed by atoms with Gasteiger partial charge in [0.05, 0.1) is 0 Å². The predicted octanol–water partition coefficient (Wildman–Crippen LogP) is 5.32. The van der Waals surface area contributed by atoms with E-state index in [1.165, 1.54) is 5.56 Å². The Kier molecular flexibility index (Phi) is 4.35. The Morgan fingerprint density at radius 3 is 2.14 bits per heavy atom. The number of phenols is 1. The lowest BCUT2D eigenvalue weighted by Gasteiger charge is -2.06. The van der Waals surface area contributed by atoms with E-state index in [2.05, 4.69) is 42.5 Å². The van der Waals surface area contributed by atoms with Gasteiger partial charge in [-0.15, -0.1) is 0 Å². The molecule has 0 heterocycles. The lowest BCUT2D eigenvalue weighted by Crippen LogP contribution is -1.85. The highest BCUT2D eigenvalue weighted by Gasteiger charge is 2.03. The third kappa shape index (κ3) is 3.44. The second kappa shape index (κ2) is 6.77. The molecule has 1 N–H and O–H groups in total. The van der Waals surface area contributed by atoms with Gasteiger partial charge in [-0.3, -0.25) is 0 Å². The molecule has 0 fully saturated rings. The fourth-order valence-corrected chi connectivity index (χ4v) is 2.45. The second-order valence-corrected chi connectivity index (χ2v) is 5.23. The van der Waals surface area contributed by atoms with Crippen molar-refractivity contribution in [3.8, 4) is 16.9 Å². The zero-order chi connectivity index (χ0) is 15.2. The van der Waals surface area contributed by atoms with E-state index in [1.807, 2.05) is 42.5 Å². The van der Waals surface area contributed by atoms with Crippen molar-refractivity contribution >= 4 is 6.08 Å². The summed E-state index contributed by atoms with van der Waals surface area (Å²) in [7, 11) is 0. The van der Waals surface area contributed by atoms with Crippen LogP contribution >= 0.6 is 0 Å². The number of aromatic hydroxyl groups is 1. The molecular formula is C21H18O. The lowest BCUT2D eigenvalue weighted by atomic mass is 10.0. The number of hydrogen-bond acceptors (Lipinski definition) is 1. The topological polar surface area (TPSA) is 20.2 Å². The van der Waals surface area contributed by atoms with Crippen molar-refractivity contribution in [2.24, 2.45) is 0 Å². The van der Waals surface area contributed by atoms with Gasteiger partial charge in [0, 0.05) is 0 Å². The number of rotatable bonds is 4. The van der Waals surface area contributed by atoms with Crippen molar-refractivity contribution in [3.05, 3.63) is 96.1 Å². The normalized spacial score (nSPS) is 10.9. The van der Waals surface area contributed by atoms with Crippen LogP contribution in [0.15, 0.2) is 84.9 Å². The molecule has 3 aromatic carbocycles. The smallest absolute Gasteiger partial charge is 0.119 e. The first kappa shape index (κ1) is 14.2. The van der Waals surface area contributed by atoms with Crippen molar-refractivity contribution in [1.29, 1.82) is 0 Å². The molecule has 1 heteroatoms. The van der Waals surface area contributed by atoms with Crippen LogP contribution in [-0.2, 0) is 6.42 Å². The summed E-state index contributed by atoms with van der Waals surface area (Å²) in [6.07, 6.45) is 4.87. The third-order valence-electron chi connectivity index (χ3n) is 3.63. The van der Waals surface area contributed by atoms with Gasteiger partial charge in [-0.1, -0.05) is 78.9 Å². The zero-order valence-electron chi connectivity index (χ0n) is 12.3. The number of phenolic OH excluding ortho intramolecular Hbond substituents is 1. The number of benzene rings is 3. The fourth-order valence-electron chi connectivity index (χ4n) is 2.45. The zero-order valence-corrected chi connectivity index (χ0v) is 12.3. The second-order valence-electron chi connectivity index (χ2n) is 5.23. The van der Waals surface area contributed by atoms with Crippen LogP contribution in [-0.4, -0.2) is 5.11 Å². The van der Waals surface area contributed by atoms with Crippen LogP contribution < -0.4 is 0 Å². The van der Waals surface area contributed by atoms with Gasteiger partial charge >= 0.3 is 0 Å². The van der Waals surface area contributed by atoms with Crippen LogP contribution in [0.3, 0.4) is 0 Å². The molecule has 0 radical (unpaired) electrons. The molecule has 3 rings (SSSR count). The van der Waals surface area contributed by atoms with E-state index in [0.29, 0.717) is 12.2 Å². The predicted molar refractivity (Wildman–Crippen MR) is 92.7 cm³/mol. The first-order valence-electron chi connectivity index (χ1n) is 7.42. The molecule has 0 saturated carbocycles. The fraction of sp³-hybridized carbons (Fsp3) is 0.0476. The van der Waals surface area contributed by atoms with Crippen molar-refractivity contribution in [1.82, 2.24) is 0 Å². The summed E-state index contributed by atoms with van der Waals surface area (Å²) in [5.41, 5.74) is 4.40. The maximum absolute atomic E-state index is 10.0. The summed E-state index contributed by atoms with van der Waals surface area (Å²) in [6.45, 7) is 0. The van der Waals surface area contributed by atoms with Crippen LogP contribution in [0.25, 0.3) is 17.2 Å². The van der Waals surface area contributed by atoms with E-state index < -0.39 is 0 Å². The highest BCUT2D eigenvalue weighted by Crippen LogP contribution is 2.26. The SMILES string of the molecule is Oc1ccc(-c2ccccc2)cc1C/C=C/c1ccccc1. The van der Waals surface area contributed by atoms with Crippen LogP contribution in [0.1, 0.15) is 11.1 Å². The van der Waals surface area contributed by atoms with Gasteiger partial charge in [-0.25, -0.2) is 0 Å². The third-order valence-corrected chi connectivity index (χ3v) is 3.63. The Bertz CT molecular complexity index is 758. The molecule has 0 aliphatic rings. The summed E-state index contributed by atoms with van der Waals surface area (Å²) >= 11 is 0. The molecule has 0 saturated heterocycles. The van der Waals surface area contributed by atoms with E-state index in [4.69, 9.17) is 0 Å². The number of hydrogen-bond donors (Lipinski definition) is 1. The largest absolute Gasteiger partial charge is 0.508 e. The van der Waals surface area contributed by atoms with E-state index in [-0.39, 0.29) is 0 Å². The van der Waals surface area contributed by atoms with Gasteiger partial charge in [-0.05, 0) is 40.8 Å². The molecule has 0 spiro atoms. The molecule has 0 aromatic heterocycles. The Morgan fingerprint density at radius 1 is 0.727 bits per heavy atom. The molecule has 1 nitrogen and oxygen atoms in total. The molecule has 0 bridgehead atoms. The van der Waals surface area contributed by atoms with Crippen molar-refractivity contribution in [2.45, 2.75) is 6.42 Å². The van der Waals surface area contributed by atoms with Gasteiger partial charge in [0.15, 0.2) is 0 Å². The van der Waals surface area contributed by atoms with Crippen molar-refractivity contribution < 1.29 is 5.11 Å². The molecule has 0 unspecified atom stereocenters. The molecule has 0 aliphatic carbocycles. The Morgan fingerprint density at radius 2 is 1.41 bits per heavy atom. The van der Waals surface area contributed by atoms with Crippen molar-refractivity contribution in [3.63, 3.8) is 0 Å². The first-order chi connectivity index (χ1) is 10.8. The van der Waals surface area contributed by atoms with Crippen LogP contribution in [0.4, 0.5) is 0 Å². The summed E-state index contributed by atoms with van der Waals surface area (Å²) in [4.78, 5) is 0. The molecule has 0 atom stereocenters. The van der Waals surface area contributed by atoms with Gasteiger partial charge in [0.25, 0.3) is 0 Å². The standard InChI is InChI=1S/C21H18O/c22-21-15-14-19(18-11-5-2-6-12-18)16-20(21)13-7-10-17-8-3-1-4-9-17/h1-12,14-16,22H,13H2/b10-7+. The van der Waals surface area contributed by atoms with E-state index in [9.17, 15) is 5.11 Å². The molecular weight excluding hydrogens is 268 g/mol. The van der Waals surface area contributed by atoms with Crippen LogP contribution in [0, 0.1) is 0 Å². The van der Waals surface area contributed by atoms with Gasteiger partial charge in [0.1, 0.15) is 5.75 Å². The van der Waals surface area contributed by atoms with Gasteiger partial charge in [-0.2, -0.15) is 0 Å². The summed E-state index contributed by atoms with van der Waals surface area (Å²) in [6, 6.07) is 26.2. The Labute approximate surface area is 131 Å². The Balaban J connectivity index is 1.80. The number of allylic oxidation sites excluding steroid dienone is 1. The van der Waals surface area contributed by atoms with E-state index in [1.54, 1.807) is 6.07 Å². The molecule has 0 amide bonds. The highest BCUT2D eigenvalue weighted by molar-refractivity contribution is 5.65. The minimum absolute atomic E-state index is 0.345. The summed E-state index contributed by atoms with van der Waals surface area (Å²) in [5.74, 6) is 0.345. The van der Waals surface area contributed by atoms with E-state index >= 15 is 0 Å². The van der Waals surface area contributed by atoms with Gasteiger partial charge < -0.3 is 5.11 Å². The molecule has 3 aromatic rings. The molecule has 0 aliphatic heterocycles. The first-order valence-corrected chi connectivity index (χ1v) is 7.42. The maximum Gasteiger partial charge on any atom is 0.119 e. The quantitative estimate of drug-likeness (QED) is 0.688. The average Bonchev–Trinajstić information content (AvgIpc) is 2.58. The van der Waals surface area contributed by atoms with E-state index in [0.717, 1.165) is 16.7 Å². The summed E-state index contributed by atoms with van der Waals surface area (Å²) in [5, 5.41) is 10.0. The monoisotopic (exact) mass is 286 g/mol. The lowest BCUT2D eigenvalue weighted by molar-refractivity contribution is 0.470. The van der Waals surface area contributed by atoms with Crippen molar-refractivity contribution in [2.75, 3.05) is 0 Å². The minimum atomic E-state index is 0.345. The molecule has 108 valence electrons. The highest BCUT2D eigenvalue weighted by atomic mass is 16.3. The minimum Gasteiger partial charge on any atom is -0.508 e. The summed E-state index contributed by atoms with van der Waals surface area (Å²) < 4.78 is 0. The van der Waals surface area contributed by atoms with Gasteiger partial charge in [0.2, 0.25) is 0 Å². The Hall–Kier alpha value is -2.80. The van der Waals surface area contributed by atoms with Crippen LogP contribution in [0.2, 0.25) is 0 Å². The maximum atomic E-state index is 10.0. The van der Waals surface area contributed by atoms with Crippen LogP contribution in [0.5, 0.6) is 5.75 Å². The molecule has 22 heavy (non-hydrogen) atoms.